The summed E-state index contributed by atoms with van der Waals surface area (Å²) < 4.78 is 21.7. The van der Waals surface area contributed by atoms with E-state index in [-0.39, 0.29) is 18.1 Å². The first kappa shape index (κ1) is 19.0. The lowest BCUT2D eigenvalue weighted by Gasteiger charge is -2.13. The molecule has 4 aromatic rings. The van der Waals surface area contributed by atoms with Crippen LogP contribution >= 0.6 is 0 Å². The van der Waals surface area contributed by atoms with Crippen LogP contribution in [0.1, 0.15) is 27.3 Å². The van der Waals surface area contributed by atoms with E-state index in [0.29, 0.717) is 41.5 Å². The first-order chi connectivity index (χ1) is 15.0. The number of anilines is 1. The summed E-state index contributed by atoms with van der Waals surface area (Å²) in [6, 6.07) is 6.79. The second-order valence-corrected chi connectivity index (χ2v) is 7.27. The second-order valence-electron chi connectivity index (χ2n) is 7.27. The van der Waals surface area contributed by atoms with E-state index in [4.69, 9.17) is 10.5 Å². The van der Waals surface area contributed by atoms with Crippen molar-refractivity contribution in [3.8, 4) is 16.9 Å². The first-order valence-corrected chi connectivity index (χ1v) is 9.79. The van der Waals surface area contributed by atoms with Gasteiger partial charge in [-0.25, -0.2) is 14.4 Å². The highest BCUT2D eigenvalue weighted by atomic mass is 19.1. The Morgan fingerprint density at radius 2 is 2.16 bits per heavy atom. The number of carbonyl (C=O) groups is 1. The quantitative estimate of drug-likeness (QED) is 0.516. The van der Waals surface area contributed by atoms with Crippen LogP contribution in [0.2, 0.25) is 0 Å². The van der Waals surface area contributed by atoms with Gasteiger partial charge in [0.1, 0.15) is 22.9 Å². The smallest absolute Gasteiger partial charge is 0.268 e. The van der Waals surface area contributed by atoms with Gasteiger partial charge in [0.05, 0.1) is 6.61 Å². The van der Waals surface area contributed by atoms with Gasteiger partial charge in [-0.3, -0.25) is 14.2 Å². The maximum absolute atomic E-state index is 14.5. The fourth-order valence-corrected chi connectivity index (χ4v) is 3.86. The lowest BCUT2D eigenvalue weighted by Crippen LogP contribution is -2.11. The van der Waals surface area contributed by atoms with Crippen molar-refractivity contribution in [1.29, 1.82) is 0 Å². The Morgan fingerprint density at radius 3 is 2.97 bits per heavy atom. The Morgan fingerprint density at radius 1 is 1.29 bits per heavy atom. The van der Waals surface area contributed by atoms with Crippen molar-refractivity contribution >= 4 is 17.5 Å². The average molecular weight is 418 g/mol. The number of aryl methyl sites for hydroxylation is 1. The van der Waals surface area contributed by atoms with E-state index in [9.17, 15) is 9.18 Å². The van der Waals surface area contributed by atoms with Crippen LogP contribution in [0.25, 0.3) is 16.8 Å². The van der Waals surface area contributed by atoms with Crippen molar-refractivity contribution in [3.05, 3.63) is 71.2 Å². The predicted octanol–water partition coefficient (Wildman–Crippen LogP) is 2.88. The Hall–Kier alpha value is -4.01. The predicted molar refractivity (Wildman–Crippen MR) is 112 cm³/mol. The number of primary amides is 1. The van der Waals surface area contributed by atoms with Gasteiger partial charge in [0.2, 0.25) is 5.95 Å². The van der Waals surface area contributed by atoms with Crippen LogP contribution in [0.3, 0.4) is 0 Å². The average Bonchev–Trinajstić information content (AvgIpc) is 3.41. The molecule has 31 heavy (non-hydrogen) atoms. The molecule has 0 radical (unpaired) electrons. The van der Waals surface area contributed by atoms with Crippen molar-refractivity contribution in [1.82, 2.24) is 19.4 Å². The first-order valence-electron chi connectivity index (χ1n) is 9.79. The highest BCUT2D eigenvalue weighted by molar-refractivity contribution is 5.93. The molecule has 0 fully saturated rings. The Balaban J connectivity index is 1.58. The molecule has 0 saturated heterocycles. The zero-order valence-corrected chi connectivity index (χ0v) is 16.7. The molecule has 156 valence electrons. The molecule has 0 unspecified atom stereocenters. The molecule has 1 aromatic carbocycles. The monoisotopic (exact) mass is 418 g/mol. The lowest BCUT2D eigenvalue weighted by atomic mass is 10.0. The van der Waals surface area contributed by atoms with Crippen LogP contribution in [0.5, 0.6) is 5.75 Å². The Labute approximate surface area is 176 Å². The van der Waals surface area contributed by atoms with Crippen molar-refractivity contribution < 1.29 is 13.9 Å². The van der Waals surface area contributed by atoms with Crippen LogP contribution in [0.15, 0.2) is 42.9 Å². The number of ether oxygens (including phenoxy) is 1. The molecule has 0 bridgehead atoms. The maximum Gasteiger partial charge on any atom is 0.268 e. The molecule has 3 aromatic heterocycles. The zero-order valence-electron chi connectivity index (χ0n) is 16.7. The van der Waals surface area contributed by atoms with E-state index in [1.54, 1.807) is 22.9 Å². The third kappa shape index (κ3) is 3.24. The number of amides is 1. The Kier molecular flexibility index (Phi) is 4.50. The molecule has 0 atom stereocenters. The number of hydrogen-bond donors (Lipinski definition) is 2. The number of rotatable bonds is 5. The zero-order chi connectivity index (χ0) is 21.5. The summed E-state index contributed by atoms with van der Waals surface area (Å²) in [5.74, 6) is 0.167. The van der Waals surface area contributed by atoms with Crippen molar-refractivity contribution in [2.45, 2.75) is 19.9 Å². The summed E-state index contributed by atoms with van der Waals surface area (Å²) in [7, 11) is 0. The minimum atomic E-state index is -0.646. The number of imidazole rings is 1. The van der Waals surface area contributed by atoms with Crippen LogP contribution in [-0.4, -0.2) is 31.9 Å². The summed E-state index contributed by atoms with van der Waals surface area (Å²) in [4.78, 5) is 25.0. The fraction of sp³-hybridized carbons (Fsp3) is 0.182. The summed E-state index contributed by atoms with van der Waals surface area (Å²) in [5.41, 5.74) is 9.83. The topological polar surface area (TPSA) is 107 Å². The standard InChI is InChI=1S/C22H19FN6O2/c1-12-13(3-2-7-25-12)16-10-27-22(29-11-18(20(24)30)28-21(16)29)26-9-15-14-6-8-31-19(14)5-4-17(15)23/h2-5,7,10-11H,6,8-9H2,1H3,(H2,24,30)(H,26,27). The number of nitrogens with one attached hydrogen (secondary N) is 1. The molecule has 3 N–H and O–H groups in total. The third-order valence-corrected chi connectivity index (χ3v) is 5.40. The molecule has 4 heterocycles. The normalized spacial score (nSPS) is 12.6. The van der Waals surface area contributed by atoms with Crippen LogP contribution < -0.4 is 15.8 Å². The van der Waals surface area contributed by atoms with Gasteiger partial charge in [0.15, 0.2) is 0 Å². The fourth-order valence-electron chi connectivity index (χ4n) is 3.86. The van der Waals surface area contributed by atoms with Crippen molar-refractivity contribution in [3.63, 3.8) is 0 Å². The second kappa shape index (κ2) is 7.35. The number of pyridine rings is 1. The van der Waals surface area contributed by atoms with E-state index >= 15 is 0 Å². The summed E-state index contributed by atoms with van der Waals surface area (Å²) in [6.07, 6.45) is 5.55. The number of nitrogens with two attached hydrogens (primary N) is 1. The number of hydrogen-bond acceptors (Lipinski definition) is 6. The molecular formula is C22H19FN6O2. The number of aromatic nitrogens is 4. The number of halogens is 1. The largest absolute Gasteiger partial charge is 0.493 e. The van der Waals surface area contributed by atoms with Crippen LogP contribution in [0, 0.1) is 12.7 Å². The van der Waals surface area contributed by atoms with Gasteiger partial charge in [-0.1, -0.05) is 6.07 Å². The number of fused-ring (bicyclic) bond motifs is 2. The van der Waals surface area contributed by atoms with Gasteiger partial charge in [-0.05, 0) is 25.1 Å². The third-order valence-electron chi connectivity index (χ3n) is 5.40. The van der Waals surface area contributed by atoms with Gasteiger partial charge < -0.3 is 15.8 Å². The lowest BCUT2D eigenvalue weighted by molar-refractivity contribution is 0.0996. The van der Waals surface area contributed by atoms with E-state index in [1.807, 2.05) is 19.1 Å². The molecule has 9 heteroatoms. The minimum absolute atomic E-state index is 0.110. The summed E-state index contributed by atoms with van der Waals surface area (Å²) >= 11 is 0. The number of nitrogens with zero attached hydrogens (tertiary/aromatic N) is 4. The van der Waals surface area contributed by atoms with Gasteiger partial charge in [-0.2, -0.15) is 0 Å². The maximum atomic E-state index is 14.5. The van der Waals surface area contributed by atoms with Crippen LogP contribution in [0.4, 0.5) is 10.3 Å². The highest BCUT2D eigenvalue weighted by Crippen LogP contribution is 2.31. The van der Waals surface area contributed by atoms with Crippen LogP contribution in [-0.2, 0) is 13.0 Å². The molecule has 1 aliphatic heterocycles. The molecule has 1 aliphatic rings. The molecular weight excluding hydrogens is 399 g/mol. The van der Waals surface area contributed by atoms with E-state index in [0.717, 1.165) is 16.8 Å². The minimum Gasteiger partial charge on any atom is -0.493 e. The Bertz CT molecular complexity index is 1330. The molecule has 8 nitrogen and oxygen atoms in total. The van der Waals surface area contributed by atoms with Gasteiger partial charge >= 0.3 is 0 Å². The summed E-state index contributed by atoms with van der Waals surface area (Å²) in [6.45, 7) is 2.63. The number of carbonyl (C=O) groups excluding carboxylic acids is 1. The molecule has 1 amide bonds. The number of benzene rings is 1. The molecule has 0 aliphatic carbocycles. The van der Waals surface area contributed by atoms with Crippen molar-refractivity contribution in [2.75, 3.05) is 11.9 Å². The SMILES string of the molecule is Cc1ncccc1-c1cnc(NCc2c(F)ccc3c2CCO3)n2cc(C(N)=O)nc12. The van der Waals surface area contributed by atoms with Gasteiger partial charge in [0.25, 0.3) is 5.91 Å². The molecule has 0 spiro atoms. The molecule has 5 rings (SSSR count). The van der Waals surface area contributed by atoms with E-state index < -0.39 is 5.91 Å². The summed E-state index contributed by atoms with van der Waals surface area (Å²) in [5, 5.41) is 3.17. The highest BCUT2D eigenvalue weighted by Gasteiger charge is 2.21. The van der Waals surface area contributed by atoms with E-state index in [1.165, 1.54) is 12.3 Å². The molecule has 0 saturated carbocycles. The van der Waals surface area contributed by atoms with Gasteiger partial charge in [-0.15, -0.1) is 0 Å². The van der Waals surface area contributed by atoms with Gasteiger partial charge in [0, 0.05) is 59.5 Å². The van der Waals surface area contributed by atoms with E-state index in [2.05, 4.69) is 20.3 Å². The van der Waals surface area contributed by atoms with Crippen molar-refractivity contribution in [2.24, 2.45) is 5.73 Å².